The summed E-state index contributed by atoms with van der Waals surface area (Å²) in [5, 5.41) is 13.1. The zero-order chi connectivity index (χ0) is 17.3. The lowest BCUT2D eigenvalue weighted by Gasteiger charge is -2.26. The molecule has 2 aromatic rings. The zero-order valence-electron chi connectivity index (χ0n) is 13.7. The molecule has 0 saturated heterocycles. The molecule has 6 heteroatoms. The van der Waals surface area contributed by atoms with Gasteiger partial charge in [-0.1, -0.05) is 0 Å². The Bertz CT molecular complexity index is 765. The third-order valence-corrected chi connectivity index (χ3v) is 4.33. The number of furan rings is 1. The highest BCUT2D eigenvalue weighted by atomic mass is 16.4. The van der Waals surface area contributed by atoms with E-state index >= 15 is 0 Å². The van der Waals surface area contributed by atoms with E-state index in [0.29, 0.717) is 24.2 Å². The van der Waals surface area contributed by atoms with Gasteiger partial charge in [0.25, 0.3) is 5.91 Å². The quantitative estimate of drug-likeness (QED) is 0.897. The van der Waals surface area contributed by atoms with E-state index in [2.05, 4.69) is 5.32 Å². The molecule has 1 aromatic heterocycles. The van der Waals surface area contributed by atoms with Crippen LogP contribution in [-0.4, -0.2) is 30.5 Å². The molecule has 0 aliphatic carbocycles. The number of carbonyl (C=O) groups is 2. The van der Waals surface area contributed by atoms with Crippen LogP contribution in [0.15, 0.2) is 41.0 Å². The maximum atomic E-state index is 12.4. The number of fused-ring (bicyclic) bond motifs is 1. The van der Waals surface area contributed by atoms with Crippen LogP contribution in [0, 0.1) is 0 Å². The fraction of sp³-hybridized carbons (Fsp3) is 0.333. The first kappa shape index (κ1) is 16.3. The lowest BCUT2D eigenvalue weighted by Crippen LogP contribution is -2.38. The van der Waals surface area contributed by atoms with Gasteiger partial charge in [0.05, 0.1) is 12.8 Å². The molecule has 2 amide bonds. The third kappa shape index (κ3) is 3.05. The van der Waals surface area contributed by atoms with Gasteiger partial charge in [-0.05, 0) is 49.2 Å². The van der Waals surface area contributed by atoms with E-state index in [1.165, 1.54) is 6.26 Å². The number of nitrogens with one attached hydrogen (secondary N) is 1. The molecule has 2 N–H and O–H groups in total. The minimum absolute atomic E-state index is 0.0365. The minimum atomic E-state index is -1.28. The molecule has 1 aliphatic heterocycles. The first-order valence-electron chi connectivity index (χ1n) is 7.82. The fourth-order valence-electron chi connectivity index (χ4n) is 2.82. The topological polar surface area (TPSA) is 82.8 Å². The molecule has 0 saturated carbocycles. The summed E-state index contributed by atoms with van der Waals surface area (Å²) in [7, 11) is 1.74. The molecule has 3 rings (SSSR count). The molecule has 0 fully saturated rings. The summed E-state index contributed by atoms with van der Waals surface area (Å²) >= 11 is 0. The predicted octanol–water partition coefficient (Wildman–Crippen LogP) is 1.83. The number of benzene rings is 1. The Kier molecular flexibility index (Phi) is 4.15. The van der Waals surface area contributed by atoms with E-state index in [1.807, 2.05) is 0 Å². The van der Waals surface area contributed by atoms with Gasteiger partial charge in [0.1, 0.15) is 11.4 Å². The van der Waals surface area contributed by atoms with Crippen LogP contribution in [0.2, 0.25) is 0 Å². The highest BCUT2D eigenvalue weighted by Crippen LogP contribution is 2.27. The molecular formula is C18H20N2O4. The Morgan fingerprint density at radius 2 is 2.17 bits per heavy atom. The van der Waals surface area contributed by atoms with E-state index in [0.717, 1.165) is 11.3 Å². The summed E-state index contributed by atoms with van der Waals surface area (Å²) in [5.74, 6) is 0.201. The average molecular weight is 328 g/mol. The summed E-state index contributed by atoms with van der Waals surface area (Å²) in [4.78, 5) is 25.7. The highest BCUT2D eigenvalue weighted by molar-refractivity contribution is 5.98. The van der Waals surface area contributed by atoms with E-state index in [1.54, 1.807) is 49.2 Å². The summed E-state index contributed by atoms with van der Waals surface area (Å²) in [6, 6.07) is 8.62. The van der Waals surface area contributed by atoms with Crippen molar-refractivity contribution in [3.63, 3.8) is 0 Å². The van der Waals surface area contributed by atoms with Crippen molar-refractivity contribution in [1.29, 1.82) is 0 Å². The molecule has 6 nitrogen and oxygen atoms in total. The molecule has 1 unspecified atom stereocenters. The summed E-state index contributed by atoms with van der Waals surface area (Å²) in [6.45, 7) is 1.62. The van der Waals surface area contributed by atoms with Crippen LogP contribution in [-0.2, 0) is 16.8 Å². The van der Waals surface area contributed by atoms with Crippen LogP contribution < -0.4 is 10.2 Å². The van der Waals surface area contributed by atoms with E-state index < -0.39 is 5.60 Å². The minimum Gasteiger partial charge on any atom is -0.466 e. The summed E-state index contributed by atoms with van der Waals surface area (Å²) < 4.78 is 5.19. The first-order valence-corrected chi connectivity index (χ1v) is 7.82. The van der Waals surface area contributed by atoms with E-state index in [-0.39, 0.29) is 18.4 Å². The second-order valence-corrected chi connectivity index (χ2v) is 6.23. The second kappa shape index (κ2) is 6.13. The Morgan fingerprint density at radius 1 is 1.38 bits per heavy atom. The monoisotopic (exact) mass is 328 g/mol. The maximum absolute atomic E-state index is 12.4. The van der Waals surface area contributed by atoms with E-state index in [9.17, 15) is 14.7 Å². The smallest absolute Gasteiger partial charge is 0.251 e. The SMILES string of the molecule is CN1C(=O)CCc2cc(C(=O)NCC(C)(O)c3ccco3)ccc21. The Labute approximate surface area is 140 Å². The zero-order valence-corrected chi connectivity index (χ0v) is 13.7. The first-order chi connectivity index (χ1) is 11.4. The van der Waals surface area contributed by atoms with Crippen molar-refractivity contribution >= 4 is 17.5 Å². The lowest BCUT2D eigenvalue weighted by atomic mass is 9.98. The van der Waals surface area contributed by atoms with Crippen molar-refractivity contribution < 1.29 is 19.1 Å². The third-order valence-electron chi connectivity index (χ3n) is 4.33. The van der Waals surface area contributed by atoms with Gasteiger partial charge in [-0.2, -0.15) is 0 Å². The molecule has 0 bridgehead atoms. The summed E-state index contributed by atoms with van der Waals surface area (Å²) in [5.41, 5.74) is 1.04. The largest absolute Gasteiger partial charge is 0.466 e. The molecule has 0 spiro atoms. The normalized spacial score (nSPS) is 16.5. The fourth-order valence-corrected chi connectivity index (χ4v) is 2.82. The van der Waals surface area contributed by atoms with Crippen molar-refractivity contribution in [2.45, 2.75) is 25.4 Å². The van der Waals surface area contributed by atoms with Crippen molar-refractivity contribution in [1.82, 2.24) is 5.32 Å². The number of aliphatic hydroxyl groups is 1. The van der Waals surface area contributed by atoms with Crippen LogP contribution in [0.1, 0.15) is 35.0 Å². The number of amides is 2. The van der Waals surface area contributed by atoms with Crippen LogP contribution in [0.5, 0.6) is 0 Å². The van der Waals surface area contributed by atoms with Gasteiger partial charge in [0.15, 0.2) is 0 Å². The number of anilines is 1. The molecule has 126 valence electrons. The van der Waals surface area contributed by atoms with Crippen LogP contribution in [0.25, 0.3) is 0 Å². The molecular weight excluding hydrogens is 308 g/mol. The van der Waals surface area contributed by atoms with Gasteiger partial charge in [-0.25, -0.2) is 0 Å². The van der Waals surface area contributed by atoms with Gasteiger partial charge in [0, 0.05) is 24.7 Å². The van der Waals surface area contributed by atoms with Crippen LogP contribution >= 0.6 is 0 Å². The Balaban J connectivity index is 1.71. The maximum Gasteiger partial charge on any atom is 0.251 e. The number of nitrogens with zero attached hydrogens (tertiary/aromatic N) is 1. The van der Waals surface area contributed by atoms with Crippen molar-refractivity contribution in [3.05, 3.63) is 53.5 Å². The molecule has 1 atom stereocenters. The lowest BCUT2D eigenvalue weighted by molar-refractivity contribution is -0.118. The van der Waals surface area contributed by atoms with Crippen LogP contribution in [0.4, 0.5) is 5.69 Å². The average Bonchev–Trinajstić information content (AvgIpc) is 3.11. The number of hydrogen-bond donors (Lipinski definition) is 2. The van der Waals surface area contributed by atoms with E-state index in [4.69, 9.17) is 4.42 Å². The number of hydrogen-bond acceptors (Lipinski definition) is 4. The second-order valence-electron chi connectivity index (χ2n) is 6.23. The highest BCUT2D eigenvalue weighted by Gasteiger charge is 2.27. The molecule has 2 heterocycles. The number of rotatable bonds is 4. The van der Waals surface area contributed by atoms with Crippen molar-refractivity contribution in [2.24, 2.45) is 0 Å². The Morgan fingerprint density at radius 3 is 2.88 bits per heavy atom. The Hall–Kier alpha value is -2.60. The molecule has 24 heavy (non-hydrogen) atoms. The van der Waals surface area contributed by atoms with Gasteiger partial charge in [-0.15, -0.1) is 0 Å². The van der Waals surface area contributed by atoms with Crippen molar-refractivity contribution in [2.75, 3.05) is 18.5 Å². The molecule has 1 aromatic carbocycles. The van der Waals surface area contributed by atoms with Crippen molar-refractivity contribution in [3.8, 4) is 0 Å². The molecule has 0 radical (unpaired) electrons. The molecule has 1 aliphatic rings. The van der Waals surface area contributed by atoms with Gasteiger partial charge < -0.3 is 19.7 Å². The van der Waals surface area contributed by atoms with Gasteiger partial charge in [0.2, 0.25) is 5.91 Å². The predicted molar refractivity (Wildman–Crippen MR) is 88.8 cm³/mol. The number of carbonyl (C=O) groups excluding carboxylic acids is 2. The van der Waals surface area contributed by atoms with Gasteiger partial charge >= 0.3 is 0 Å². The van der Waals surface area contributed by atoms with Gasteiger partial charge in [-0.3, -0.25) is 9.59 Å². The standard InChI is InChI=1S/C18H20N2O4/c1-18(23,15-4-3-9-24-15)11-19-17(22)13-5-7-14-12(10-13)6-8-16(21)20(14)2/h3-5,7,9-10,23H,6,8,11H2,1-2H3,(H,19,22). The van der Waals surface area contributed by atoms with Crippen LogP contribution in [0.3, 0.4) is 0 Å². The summed E-state index contributed by atoms with van der Waals surface area (Å²) in [6.07, 6.45) is 2.55. The number of aryl methyl sites for hydroxylation is 1.